The average molecular weight is 352 g/mol. The van der Waals surface area contributed by atoms with Crippen LogP contribution in [-0.4, -0.2) is 12.0 Å². The molecule has 0 bridgehead atoms. The van der Waals surface area contributed by atoms with Crippen molar-refractivity contribution in [2.75, 3.05) is 0 Å². The van der Waals surface area contributed by atoms with E-state index in [4.69, 9.17) is 23.2 Å². The predicted octanol–water partition coefficient (Wildman–Crippen LogP) is 3.84. The first-order valence-corrected chi connectivity index (χ1v) is 5.66. The maximum atomic E-state index is 12.6. The van der Waals surface area contributed by atoms with Gasteiger partial charge in [0.1, 0.15) is 0 Å². The van der Waals surface area contributed by atoms with Gasteiger partial charge >= 0.3 is 12.4 Å². The van der Waals surface area contributed by atoms with Crippen LogP contribution < -0.4 is 5.11 Å². The number of halogens is 8. The molecular formula is C11H3Cl2F6O2-. The number of carbonyl (C=O) groups excluding carboxylic acids is 1. The summed E-state index contributed by atoms with van der Waals surface area (Å²) >= 11 is 10.7. The smallest absolute Gasteiger partial charge is 0.454 e. The summed E-state index contributed by atoms with van der Waals surface area (Å²) in [6.07, 6.45) is -10.6. The Hall–Kier alpha value is -1.41. The molecule has 0 spiro atoms. The van der Waals surface area contributed by atoms with Crippen LogP contribution in [0.5, 0.6) is 0 Å². The van der Waals surface area contributed by atoms with Crippen LogP contribution in [0.25, 0.3) is 5.76 Å². The van der Waals surface area contributed by atoms with Crippen LogP contribution in [0.3, 0.4) is 0 Å². The number of ketones is 1. The zero-order valence-electron chi connectivity index (χ0n) is 9.57. The Balaban J connectivity index is 3.36. The number of benzene rings is 1. The lowest BCUT2D eigenvalue weighted by Crippen LogP contribution is -2.22. The Labute approximate surface area is 123 Å². The Morgan fingerprint density at radius 3 is 2.05 bits per heavy atom. The van der Waals surface area contributed by atoms with E-state index in [0.717, 1.165) is 0 Å². The van der Waals surface area contributed by atoms with Crippen molar-refractivity contribution in [3.05, 3.63) is 39.4 Å². The lowest BCUT2D eigenvalue weighted by molar-refractivity contribution is -0.244. The fraction of sp³-hybridized carbons (Fsp3) is 0.182. The largest absolute Gasteiger partial charge is 0.872 e. The summed E-state index contributed by atoms with van der Waals surface area (Å²) in [6.45, 7) is 0. The Morgan fingerprint density at radius 1 is 1.10 bits per heavy atom. The highest BCUT2D eigenvalue weighted by Crippen LogP contribution is 2.39. The molecule has 0 amide bonds. The molecule has 116 valence electrons. The van der Waals surface area contributed by atoms with Crippen molar-refractivity contribution in [3.63, 3.8) is 0 Å². The van der Waals surface area contributed by atoms with Crippen molar-refractivity contribution < 1.29 is 36.2 Å². The first-order valence-electron chi connectivity index (χ1n) is 4.90. The van der Waals surface area contributed by atoms with Crippen LogP contribution in [-0.2, 0) is 11.0 Å². The molecular weight excluding hydrogens is 349 g/mol. The highest BCUT2D eigenvalue weighted by Gasteiger charge is 2.37. The van der Waals surface area contributed by atoms with Crippen molar-refractivity contribution in [2.45, 2.75) is 12.4 Å². The molecule has 1 aromatic rings. The van der Waals surface area contributed by atoms with Gasteiger partial charge in [-0.25, -0.2) is 0 Å². The SMILES string of the molecule is O=C(/C=C(\[O-])c1cc(Cl)c(Cl)c(C(F)(F)F)c1)C(F)(F)F. The minimum absolute atomic E-state index is 0.219. The number of hydrogen-bond donors (Lipinski definition) is 0. The van der Waals surface area contributed by atoms with Crippen LogP contribution in [0.4, 0.5) is 26.3 Å². The molecule has 0 aliphatic heterocycles. The van der Waals surface area contributed by atoms with Crippen molar-refractivity contribution in [1.82, 2.24) is 0 Å². The number of allylic oxidation sites excluding steroid dienone is 1. The van der Waals surface area contributed by atoms with E-state index in [2.05, 4.69) is 0 Å². The van der Waals surface area contributed by atoms with Crippen LogP contribution in [0, 0.1) is 0 Å². The third-order valence-electron chi connectivity index (χ3n) is 2.16. The maximum absolute atomic E-state index is 12.6. The predicted molar refractivity (Wildman–Crippen MR) is 60.5 cm³/mol. The summed E-state index contributed by atoms with van der Waals surface area (Å²) in [7, 11) is 0. The molecule has 2 nitrogen and oxygen atoms in total. The summed E-state index contributed by atoms with van der Waals surface area (Å²) in [5.41, 5.74) is -2.33. The Morgan fingerprint density at radius 2 is 1.62 bits per heavy atom. The van der Waals surface area contributed by atoms with Gasteiger partial charge in [0.05, 0.1) is 15.6 Å². The van der Waals surface area contributed by atoms with Gasteiger partial charge in [-0.3, -0.25) is 4.79 Å². The molecule has 0 radical (unpaired) electrons. The van der Waals surface area contributed by atoms with Gasteiger partial charge in [-0.15, -0.1) is 0 Å². The van der Waals surface area contributed by atoms with Gasteiger partial charge in [-0.1, -0.05) is 29.0 Å². The molecule has 0 saturated heterocycles. The molecule has 0 unspecified atom stereocenters. The molecule has 0 fully saturated rings. The van der Waals surface area contributed by atoms with Gasteiger partial charge in [-0.05, 0) is 23.8 Å². The normalized spacial score (nSPS) is 13.4. The topological polar surface area (TPSA) is 40.1 Å². The van der Waals surface area contributed by atoms with Crippen molar-refractivity contribution in [2.24, 2.45) is 0 Å². The number of hydrogen-bond acceptors (Lipinski definition) is 2. The molecule has 1 aromatic carbocycles. The summed E-state index contributed by atoms with van der Waals surface area (Å²) < 4.78 is 73.8. The fourth-order valence-corrected chi connectivity index (χ4v) is 1.66. The van der Waals surface area contributed by atoms with Gasteiger partial charge in [0.15, 0.2) is 0 Å². The minimum atomic E-state index is -5.31. The average Bonchev–Trinajstić information content (AvgIpc) is 2.29. The summed E-state index contributed by atoms with van der Waals surface area (Å²) in [4.78, 5) is 10.6. The standard InChI is InChI=1S/C11H4Cl2F6O2/c12-6-2-4(1-5(9(6)13)10(14,15)16)7(20)3-8(21)11(17,18)19/h1-3,20H/p-1/b7-3-. The van der Waals surface area contributed by atoms with Crippen LogP contribution in [0.1, 0.15) is 11.1 Å². The van der Waals surface area contributed by atoms with E-state index in [9.17, 15) is 36.2 Å². The second-order valence-electron chi connectivity index (χ2n) is 3.69. The van der Waals surface area contributed by atoms with Crippen molar-refractivity contribution in [3.8, 4) is 0 Å². The zero-order chi connectivity index (χ0) is 16.6. The van der Waals surface area contributed by atoms with E-state index in [1.165, 1.54) is 0 Å². The van der Waals surface area contributed by atoms with E-state index >= 15 is 0 Å². The van der Waals surface area contributed by atoms with Gasteiger partial charge in [-0.2, -0.15) is 26.3 Å². The quantitative estimate of drug-likeness (QED) is 0.461. The van der Waals surface area contributed by atoms with Crippen molar-refractivity contribution in [1.29, 1.82) is 0 Å². The monoisotopic (exact) mass is 351 g/mol. The summed E-state index contributed by atoms with van der Waals surface area (Å²) in [5, 5.41) is 9.82. The molecule has 0 atom stereocenters. The van der Waals surface area contributed by atoms with Gasteiger partial charge in [0.2, 0.25) is 0 Å². The summed E-state index contributed by atoms with van der Waals surface area (Å²) in [5.74, 6) is -4.06. The summed E-state index contributed by atoms with van der Waals surface area (Å²) in [6, 6.07) is 0.859. The lowest BCUT2D eigenvalue weighted by Gasteiger charge is -2.17. The van der Waals surface area contributed by atoms with Gasteiger partial charge in [0, 0.05) is 0 Å². The second kappa shape index (κ2) is 5.76. The van der Waals surface area contributed by atoms with E-state index < -0.39 is 45.1 Å². The van der Waals surface area contributed by atoms with Crippen molar-refractivity contribution >= 4 is 34.7 Å². The molecule has 1 rings (SSSR count). The van der Waals surface area contributed by atoms with E-state index in [0.29, 0.717) is 6.07 Å². The molecule has 0 aromatic heterocycles. The number of rotatable bonds is 2. The zero-order valence-corrected chi connectivity index (χ0v) is 11.1. The molecule has 0 aliphatic rings. The third kappa shape index (κ3) is 4.28. The molecule has 0 heterocycles. The number of alkyl halides is 6. The highest BCUT2D eigenvalue weighted by atomic mass is 35.5. The second-order valence-corrected chi connectivity index (χ2v) is 4.47. The van der Waals surface area contributed by atoms with Crippen LogP contribution in [0.15, 0.2) is 18.2 Å². The van der Waals surface area contributed by atoms with E-state index in [1.54, 1.807) is 0 Å². The molecule has 21 heavy (non-hydrogen) atoms. The fourth-order valence-electron chi connectivity index (χ4n) is 1.22. The lowest BCUT2D eigenvalue weighted by atomic mass is 10.1. The molecule has 0 N–H and O–H groups in total. The maximum Gasteiger partial charge on any atom is 0.454 e. The first-order chi connectivity index (χ1) is 9.34. The van der Waals surface area contributed by atoms with E-state index in [1.807, 2.05) is 0 Å². The van der Waals surface area contributed by atoms with E-state index in [-0.39, 0.29) is 12.1 Å². The Kier molecular flexibility index (Phi) is 4.84. The van der Waals surface area contributed by atoms with Crippen LogP contribution >= 0.6 is 23.2 Å². The van der Waals surface area contributed by atoms with Gasteiger partial charge < -0.3 is 5.11 Å². The minimum Gasteiger partial charge on any atom is -0.872 e. The molecule has 10 heteroatoms. The molecule has 0 aliphatic carbocycles. The van der Waals surface area contributed by atoms with Crippen LogP contribution in [0.2, 0.25) is 10.0 Å². The Bertz CT molecular complexity index is 604. The third-order valence-corrected chi connectivity index (χ3v) is 2.96. The number of carbonyl (C=O) groups is 1. The highest BCUT2D eigenvalue weighted by molar-refractivity contribution is 6.42. The van der Waals surface area contributed by atoms with Gasteiger partial charge in [0.25, 0.3) is 5.78 Å². The molecule has 0 saturated carbocycles. The first kappa shape index (κ1) is 17.6.